The predicted molar refractivity (Wildman–Crippen MR) is 72.2 cm³/mol. The van der Waals surface area contributed by atoms with Crippen LogP contribution in [0.15, 0.2) is 4.99 Å². The largest absolute Gasteiger partial charge is 0.359 e. The molecule has 3 nitrogen and oxygen atoms in total. The number of amidine groups is 1. The molecule has 0 amide bonds. The predicted octanol–water partition coefficient (Wildman–Crippen LogP) is 1.94. The number of thioether (sulfide) groups is 1. The third-order valence-corrected chi connectivity index (χ3v) is 5.12. The van der Waals surface area contributed by atoms with Gasteiger partial charge >= 0.3 is 0 Å². The molecule has 0 bridgehead atoms. The Balaban J connectivity index is 1.85. The molecule has 0 saturated carbocycles. The topological polar surface area (TPSA) is 27.6 Å². The van der Waals surface area contributed by atoms with Crippen LogP contribution in [0.3, 0.4) is 0 Å². The number of likely N-dealkylation sites (tertiary alicyclic amines) is 1. The van der Waals surface area contributed by atoms with E-state index in [4.69, 9.17) is 4.99 Å². The minimum absolute atomic E-state index is 0.269. The molecule has 4 heteroatoms. The number of hydrogen-bond donors (Lipinski definition) is 1. The van der Waals surface area contributed by atoms with Crippen LogP contribution in [0.2, 0.25) is 0 Å². The Kier molecular flexibility index (Phi) is 3.80. The van der Waals surface area contributed by atoms with Crippen LogP contribution < -0.4 is 5.32 Å². The molecule has 0 aromatic carbocycles. The molecule has 0 spiro atoms. The van der Waals surface area contributed by atoms with Gasteiger partial charge in [-0.05, 0) is 39.8 Å². The van der Waals surface area contributed by atoms with Crippen LogP contribution in [0.1, 0.15) is 33.1 Å². The van der Waals surface area contributed by atoms with Gasteiger partial charge in [-0.2, -0.15) is 0 Å². The number of likely N-dealkylation sites (N-methyl/N-ethyl adjacent to an activating group) is 1. The first-order valence-corrected chi connectivity index (χ1v) is 7.27. The number of hydrogen-bond acceptors (Lipinski definition) is 3. The van der Waals surface area contributed by atoms with E-state index in [-0.39, 0.29) is 5.54 Å². The summed E-state index contributed by atoms with van der Waals surface area (Å²) in [6.45, 7) is 6.72. The number of nitrogens with zero attached hydrogens (tertiary/aromatic N) is 2. The minimum atomic E-state index is 0.269. The number of rotatable bonds is 3. The molecule has 2 aliphatic rings. The minimum Gasteiger partial charge on any atom is -0.359 e. The van der Waals surface area contributed by atoms with Gasteiger partial charge in [0.15, 0.2) is 5.17 Å². The van der Waals surface area contributed by atoms with Crippen molar-refractivity contribution in [1.29, 1.82) is 0 Å². The van der Waals surface area contributed by atoms with Crippen LogP contribution in [0, 0.1) is 0 Å². The van der Waals surface area contributed by atoms with Crippen molar-refractivity contribution in [2.24, 2.45) is 4.99 Å². The third kappa shape index (κ3) is 2.72. The van der Waals surface area contributed by atoms with Crippen LogP contribution in [0.5, 0.6) is 0 Å². The Morgan fingerprint density at radius 3 is 3.00 bits per heavy atom. The monoisotopic (exact) mass is 241 g/mol. The van der Waals surface area contributed by atoms with Gasteiger partial charge in [0.25, 0.3) is 0 Å². The van der Waals surface area contributed by atoms with Crippen LogP contribution in [-0.2, 0) is 0 Å². The van der Waals surface area contributed by atoms with Crippen molar-refractivity contribution in [3.05, 3.63) is 0 Å². The quantitative estimate of drug-likeness (QED) is 0.818. The molecule has 2 atom stereocenters. The fraction of sp³-hybridized carbons (Fsp3) is 0.917. The van der Waals surface area contributed by atoms with Crippen LogP contribution in [-0.4, -0.2) is 47.5 Å². The second kappa shape index (κ2) is 4.96. The van der Waals surface area contributed by atoms with E-state index < -0.39 is 0 Å². The summed E-state index contributed by atoms with van der Waals surface area (Å²) in [5.74, 6) is 1.16. The van der Waals surface area contributed by atoms with Crippen molar-refractivity contribution >= 4 is 16.9 Å². The zero-order valence-corrected chi connectivity index (χ0v) is 11.4. The SMILES string of the molecule is CCC1(C)CSC(=NCC2CCCN2C)N1. The second-order valence-electron chi connectivity index (χ2n) is 5.25. The summed E-state index contributed by atoms with van der Waals surface area (Å²) in [6.07, 6.45) is 3.81. The van der Waals surface area contributed by atoms with Gasteiger partial charge in [-0.1, -0.05) is 18.7 Å². The van der Waals surface area contributed by atoms with E-state index >= 15 is 0 Å². The molecule has 0 aliphatic carbocycles. The molecule has 1 N–H and O–H groups in total. The summed E-state index contributed by atoms with van der Waals surface area (Å²) in [5, 5.41) is 4.71. The van der Waals surface area contributed by atoms with Gasteiger partial charge in [0.1, 0.15) is 0 Å². The van der Waals surface area contributed by atoms with Crippen molar-refractivity contribution in [2.75, 3.05) is 25.9 Å². The molecule has 2 rings (SSSR count). The normalized spacial score (nSPS) is 38.2. The average molecular weight is 241 g/mol. The molecule has 2 fully saturated rings. The Morgan fingerprint density at radius 1 is 1.62 bits per heavy atom. The molecule has 2 aliphatic heterocycles. The lowest BCUT2D eigenvalue weighted by Gasteiger charge is -2.21. The van der Waals surface area contributed by atoms with E-state index in [0.29, 0.717) is 6.04 Å². The zero-order chi connectivity index (χ0) is 11.6. The Bertz CT molecular complexity index is 279. The molecule has 92 valence electrons. The first-order chi connectivity index (χ1) is 7.63. The van der Waals surface area contributed by atoms with Gasteiger partial charge in [-0.25, -0.2) is 0 Å². The molecule has 0 aromatic heterocycles. The van der Waals surface area contributed by atoms with E-state index in [9.17, 15) is 0 Å². The van der Waals surface area contributed by atoms with Gasteiger partial charge in [-0.15, -0.1) is 0 Å². The summed E-state index contributed by atoms with van der Waals surface area (Å²) < 4.78 is 0. The average Bonchev–Trinajstić information content (AvgIpc) is 2.84. The second-order valence-corrected chi connectivity index (χ2v) is 6.21. The highest BCUT2D eigenvalue weighted by Gasteiger charge is 2.30. The molecular weight excluding hydrogens is 218 g/mol. The van der Waals surface area contributed by atoms with Crippen LogP contribution >= 0.6 is 11.8 Å². The Labute approximate surface area is 103 Å². The fourth-order valence-corrected chi connectivity index (χ4v) is 3.45. The molecule has 0 radical (unpaired) electrons. The van der Waals surface area contributed by atoms with Crippen LogP contribution in [0.4, 0.5) is 0 Å². The van der Waals surface area contributed by atoms with Crippen molar-refractivity contribution in [2.45, 2.75) is 44.7 Å². The molecule has 2 heterocycles. The maximum absolute atomic E-state index is 4.73. The summed E-state index contributed by atoms with van der Waals surface area (Å²) in [4.78, 5) is 7.16. The molecular formula is C12H23N3S. The summed E-state index contributed by atoms with van der Waals surface area (Å²) in [7, 11) is 2.21. The Morgan fingerprint density at radius 2 is 2.44 bits per heavy atom. The molecule has 16 heavy (non-hydrogen) atoms. The first kappa shape index (κ1) is 12.2. The van der Waals surface area contributed by atoms with E-state index in [1.165, 1.54) is 25.8 Å². The van der Waals surface area contributed by atoms with Gasteiger partial charge in [0, 0.05) is 17.3 Å². The van der Waals surface area contributed by atoms with Gasteiger partial charge in [0.2, 0.25) is 0 Å². The summed E-state index contributed by atoms with van der Waals surface area (Å²) in [5.41, 5.74) is 0.269. The summed E-state index contributed by atoms with van der Waals surface area (Å²) >= 11 is 1.88. The zero-order valence-electron chi connectivity index (χ0n) is 10.6. The van der Waals surface area contributed by atoms with Crippen molar-refractivity contribution in [3.63, 3.8) is 0 Å². The van der Waals surface area contributed by atoms with Crippen molar-refractivity contribution in [3.8, 4) is 0 Å². The first-order valence-electron chi connectivity index (χ1n) is 6.28. The van der Waals surface area contributed by atoms with E-state index in [1.54, 1.807) is 0 Å². The van der Waals surface area contributed by atoms with E-state index in [1.807, 2.05) is 11.8 Å². The molecule has 2 unspecified atom stereocenters. The van der Waals surface area contributed by atoms with Gasteiger partial charge in [-0.3, -0.25) is 4.99 Å². The standard InChI is InChI=1S/C12H23N3S/c1-4-12(2)9-16-11(14-12)13-8-10-6-5-7-15(10)3/h10H,4-9H2,1-3H3,(H,13,14). The highest BCUT2D eigenvalue weighted by molar-refractivity contribution is 8.14. The van der Waals surface area contributed by atoms with Gasteiger partial charge in [0.05, 0.1) is 6.54 Å². The number of aliphatic imine (C=N–C) groups is 1. The smallest absolute Gasteiger partial charge is 0.157 e. The lowest BCUT2D eigenvalue weighted by atomic mass is 10.0. The fourth-order valence-electron chi connectivity index (χ4n) is 2.23. The van der Waals surface area contributed by atoms with Crippen molar-refractivity contribution < 1.29 is 0 Å². The van der Waals surface area contributed by atoms with E-state index in [2.05, 4.69) is 31.1 Å². The molecule has 0 aromatic rings. The van der Waals surface area contributed by atoms with E-state index in [0.717, 1.165) is 17.5 Å². The van der Waals surface area contributed by atoms with Crippen LogP contribution in [0.25, 0.3) is 0 Å². The van der Waals surface area contributed by atoms with Crippen molar-refractivity contribution in [1.82, 2.24) is 10.2 Å². The highest BCUT2D eigenvalue weighted by Crippen LogP contribution is 2.25. The maximum Gasteiger partial charge on any atom is 0.157 e. The van der Waals surface area contributed by atoms with Gasteiger partial charge < -0.3 is 10.2 Å². The number of nitrogens with one attached hydrogen (secondary N) is 1. The lowest BCUT2D eigenvalue weighted by molar-refractivity contribution is 0.317. The highest BCUT2D eigenvalue weighted by atomic mass is 32.2. The Hall–Kier alpha value is -0.220. The maximum atomic E-state index is 4.73. The third-order valence-electron chi connectivity index (χ3n) is 3.83. The lowest BCUT2D eigenvalue weighted by Crippen LogP contribution is -2.40. The molecule has 2 saturated heterocycles. The summed E-state index contributed by atoms with van der Waals surface area (Å²) in [6, 6.07) is 0.670.